The van der Waals surface area contributed by atoms with E-state index in [4.69, 9.17) is 4.74 Å². The van der Waals surface area contributed by atoms with Gasteiger partial charge in [0.15, 0.2) is 0 Å². The Hall–Kier alpha value is -3.06. The number of nitrogens with zero attached hydrogens (tertiary/aromatic N) is 1. The van der Waals surface area contributed by atoms with Crippen molar-refractivity contribution in [3.05, 3.63) is 70.1 Å². The Morgan fingerprint density at radius 1 is 1.07 bits per heavy atom. The second kappa shape index (κ2) is 7.90. The van der Waals surface area contributed by atoms with Crippen LogP contribution in [0.25, 0.3) is 6.08 Å². The molecule has 1 N–H and O–H groups in total. The molecule has 0 aliphatic carbocycles. The Morgan fingerprint density at radius 2 is 1.86 bits per heavy atom. The maximum absolute atomic E-state index is 12.5. The van der Waals surface area contributed by atoms with Crippen molar-refractivity contribution in [1.82, 2.24) is 10.2 Å². The van der Waals surface area contributed by atoms with Crippen LogP contribution in [-0.2, 0) is 11.2 Å². The van der Waals surface area contributed by atoms with Crippen LogP contribution in [0.5, 0.6) is 5.75 Å². The van der Waals surface area contributed by atoms with Crippen LogP contribution in [-0.4, -0.2) is 41.6 Å². The Bertz CT molecular complexity index is 969. The van der Waals surface area contributed by atoms with Crippen LogP contribution in [0.15, 0.2) is 53.4 Å². The fourth-order valence-electron chi connectivity index (χ4n) is 3.19. The summed E-state index contributed by atoms with van der Waals surface area (Å²) in [6.45, 7) is 1.63. The van der Waals surface area contributed by atoms with Crippen molar-refractivity contribution in [1.29, 1.82) is 0 Å². The summed E-state index contributed by atoms with van der Waals surface area (Å²) >= 11 is 0.891. The minimum absolute atomic E-state index is 0.0503. The zero-order valence-corrected chi connectivity index (χ0v) is 15.8. The van der Waals surface area contributed by atoms with Gasteiger partial charge in [-0.1, -0.05) is 30.3 Å². The lowest BCUT2D eigenvalue weighted by molar-refractivity contribution is -0.115. The van der Waals surface area contributed by atoms with E-state index in [2.05, 4.69) is 5.32 Å². The average Bonchev–Trinajstić information content (AvgIpc) is 3.02. The Morgan fingerprint density at radius 3 is 2.61 bits per heavy atom. The minimum Gasteiger partial charge on any atom is -0.492 e. The summed E-state index contributed by atoms with van der Waals surface area (Å²) in [5, 5.41) is 1.87. The highest BCUT2D eigenvalue weighted by Gasteiger charge is 2.25. The third kappa shape index (κ3) is 3.94. The molecule has 6 nitrogen and oxygen atoms in total. The lowest BCUT2D eigenvalue weighted by atomic mass is 9.99. The lowest BCUT2D eigenvalue weighted by Crippen LogP contribution is -2.40. The fourth-order valence-corrected chi connectivity index (χ4v) is 3.88. The molecule has 0 saturated carbocycles. The number of ether oxygens (including phenoxy) is 1. The van der Waals surface area contributed by atoms with E-state index >= 15 is 0 Å². The van der Waals surface area contributed by atoms with Crippen LogP contribution >= 0.6 is 11.8 Å². The summed E-state index contributed by atoms with van der Waals surface area (Å²) in [7, 11) is 0. The molecule has 1 saturated heterocycles. The monoisotopic (exact) mass is 394 g/mol. The van der Waals surface area contributed by atoms with Gasteiger partial charge in [-0.25, -0.2) is 0 Å². The summed E-state index contributed by atoms with van der Waals surface area (Å²) < 4.78 is 5.76. The van der Waals surface area contributed by atoms with Gasteiger partial charge in [0.1, 0.15) is 12.4 Å². The number of hydrogen-bond acceptors (Lipinski definition) is 5. The maximum Gasteiger partial charge on any atom is 0.290 e. The summed E-state index contributed by atoms with van der Waals surface area (Å²) in [5.41, 5.74) is 2.69. The number of imide groups is 1. The van der Waals surface area contributed by atoms with E-state index in [1.807, 2.05) is 41.3 Å². The molecule has 0 bridgehead atoms. The van der Waals surface area contributed by atoms with Crippen LogP contribution in [0.3, 0.4) is 0 Å². The first-order valence-corrected chi connectivity index (χ1v) is 9.77. The molecule has 7 heteroatoms. The van der Waals surface area contributed by atoms with Gasteiger partial charge >= 0.3 is 0 Å². The molecule has 0 unspecified atom stereocenters. The van der Waals surface area contributed by atoms with Crippen LogP contribution in [0, 0.1) is 0 Å². The van der Waals surface area contributed by atoms with Crippen molar-refractivity contribution in [2.24, 2.45) is 0 Å². The van der Waals surface area contributed by atoms with Gasteiger partial charge in [0.2, 0.25) is 0 Å². The van der Waals surface area contributed by atoms with Gasteiger partial charge in [-0.15, -0.1) is 0 Å². The molecule has 142 valence electrons. The number of thioether (sulfide) groups is 1. The summed E-state index contributed by atoms with van der Waals surface area (Å²) in [6.07, 6.45) is 2.53. The SMILES string of the molecule is O=C1NC(=O)C(=Cc2ccc(OCCN3CCc4ccccc4C3=O)cc2)S1. The van der Waals surface area contributed by atoms with E-state index in [0.29, 0.717) is 30.4 Å². The second-order valence-corrected chi connectivity index (χ2v) is 7.48. The van der Waals surface area contributed by atoms with Crippen LogP contribution in [0.1, 0.15) is 21.5 Å². The van der Waals surface area contributed by atoms with Gasteiger partial charge in [-0.3, -0.25) is 19.7 Å². The first kappa shape index (κ1) is 18.3. The normalized spacial score (nSPS) is 17.6. The molecule has 0 aromatic heterocycles. The molecule has 3 amide bonds. The number of fused-ring (bicyclic) bond motifs is 1. The van der Waals surface area contributed by atoms with Crippen LogP contribution in [0.2, 0.25) is 0 Å². The average molecular weight is 394 g/mol. The van der Waals surface area contributed by atoms with Crippen molar-refractivity contribution in [2.75, 3.05) is 19.7 Å². The molecule has 2 aromatic carbocycles. The third-order valence-corrected chi connectivity index (χ3v) is 5.45. The quantitative estimate of drug-likeness (QED) is 0.789. The van der Waals surface area contributed by atoms with Gasteiger partial charge in [-0.2, -0.15) is 0 Å². The minimum atomic E-state index is -0.372. The van der Waals surface area contributed by atoms with Crippen LogP contribution in [0.4, 0.5) is 4.79 Å². The zero-order valence-electron chi connectivity index (χ0n) is 15.0. The molecular weight excluding hydrogens is 376 g/mol. The number of benzene rings is 2. The molecule has 28 heavy (non-hydrogen) atoms. The maximum atomic E-state index is 12.5. The highest BCUT2D eigenvalue weighted by Crippen LogP contribution is 2.26. The highest BCUT2D eigenvalue weighted by atomic mass is 32.2. The summed E-state index contributed by atoms with van der Waals surface area (Å²) in [5.74, 6) is 0.365. The van der Waals surface area contributed by atoms with Gasteiger partial charge in [-0.05, 0) is 53.6 Å². The van der Waals surface area contributed by atoms with E-state index in [0.717, 1.165) is 34.9 Å². The molecular formula is C21H18N2O4S. The predicted octanol–water partition coefficient (Wildman–Crippen LogP) is 3.09. The molecule has 0 radical (unpaired) electrons. The molecule has 2 heterocycles. The zero-order chi connectivity index (χ0) is 19.5. The Balaban J connectivity index is 1.31. The van der Waals surface area contributed by atoms with Crippen LogP contribution < -0.4 is 10.1 Å². The number of nitrogens with one attached hydrogen (secondary N) is 1. The number of rotatable bonds is 5. The highest BCUT2D eigenvalue weighted by molar-refractivity contribution is 8.18. The number of carbonyl (C=O) groups excluding carboxylic acids is 3. The first-order chi connectivity index (χ1) is 13.6. The molecule has 2 aliphatic rings. The largest absolute Gasteiger partial charge is 0.492 e. The van der Waals surface area contributed by atoms with Crippen molar-refractivity contribution < 1.29 is 19.1 Å². The fraction of sp³-hybridized carbons (Fsp3) is 0.190. The standard InChI is InChI=1S/C21H18N2O4S/c24-19-18(28-21(26)22-19)13-14-5-7-16(8-6-14)27-12-11-23-10-9-15-3-1-2-4-17(15)20(23)25/h1-8,13H,9-12H2,(H,22,24,26). The first-order valence-electron chi connectivity index (χ1n) is 8.95. The Kier molecular flexibility index (Phi) is 5.16. The summed E-state index contributed by atoms with van der Waals surface area (Å²) in [4.78, 5) is 37.5. The lowest BCUT2D eigenvalue weighted by Gasteiger charge is -2.28. The Labute approximate surface area is 166 Å². The number of carbonyl (C=O) groups is 3. The van der Waals surface area contributed by atoms with Gasteiger partial charge in [0, 0.05) is 12.1 Å². The van der Waals surface area contributed by atoms with E-state index in [1.165, 1.54) is 0 Å². The van der Waals surface area contributed by atoms with Crippen molar-refractivity contribution in [2.45, 2.75) is 6.42 Å². The molecule has 1 fully saturated rings. The molecule has 0 atom stereocenters. The van der Waals surface area contributed by atoms with E-state index < -0.39 is 0 Å². The second-order valence-electron chi connectivity index (χ2n) is 6.47. The third-order valence-electron chi connectivity index (χ3n) is 4.64. The topological polar surface area (TPSA) is 75.7 Å². The summed E-state index contributed by atoms with van der Waals surface area (Å²) in [6, 6.07) is 15.0. The van der Waals surface area contributed by atoms with Crippen molar-refractivity contribution in [3.8, 4) is 5.75 Å². The smallest absolute Gasteiger partial charge is 0.290 e. The molecule has 2 aliphatic heterocycles. The molecule has 2 aromatic rings. The van der Waals surface area contributed by atoms with E-state index in [-0.39, 0.29) is 17.1 Å². The van der Waals surface area contributed by atoms with E-state index in [9.17, 15) is 14.4 Å². The molecule has 0 spiro atoms. The number of amides is 3. The van der Waals surface area contributed by atoms with E-state index in [1.54, 1.807) is 18.2 Å². The van der Waals surface area contributed by atoms with Gasteiger partial charge in [0.05, 0.1) is 11.4 Å². The van der Waals surface area contributed by atoms with Gasteiger partial charge in [0.25, 0.3) is 17.1 Å². The number of hydrogen-bond donors (Lipinski definition) is 1. The van der Waals surface area contributed by atoms with Crippen molar-refractivity contribution in [3.63, 3.8) is 0 Å². The predicted molar refractivity (Wildman–Crippen MR) is 107 cm³/mol. The molecule has 4 rings (SSSR count). The van der Waals surface area contributed by atoms with Gasteiger partial charge < -0.3 is 9.64 Å². The van der Waals surface area contributed by atoms with Crippen molar-refractivity contribution >= 4 is 34.9 Å².